The molecule has 0 fully saturated rings. The van der Waals surface area contributed by atoms with Crippen LogP contribution in [0.15, 0.2) is 82.5 Å². The van der Waals surface area contributed by atoms with Gasteiger partial charge in [0.2, 0.25) is 4.80 Å². The fraction of sp³-hybridized carbons (Fsp3) is 0.0435. The summed E-state index contributed by atoms with van der Waals surface area (Å²) < 4.78 is 7.18. The molecule has 0 bridgehead atoms. The highest BCUT2D eigenvalue weighted by Crippen LogP contribution is 2.33. The van der Waals surface area contributed by atoms with Crippen molar-refractivity contribution in [3.8, 4) is 22.8 Å². The zero-order valence-electron chi connectivity index (χ0n) is 16.7. The molecule has 0 aliphatic carbocycles. The molecule has 0 radical (unpaired) electrons. The summed E-state index contributed by atoms with van der Waals surface area (Å²) in [5.74, 6) is 0.593. The molecule has 0 saturated carbocycles. The maximum atomic E-state index is 11.7. The number of hydrogen-bond donors (Lipinski definition) is 2. The molecule has 2 aromatic heterocycles. The molecular formula is C23H17N5O3S. The van der Waals surface area contributed by atoms with Gasteiger partial charge in [0.1, 0.15) is 11.5 Å². The quantitative estimate of drug-likeness (QED) is 0.469. The number of anilines is 1. The topological polar surface area (TPSA) is 101 Å². The zero-order chi connectivity index (χ0) is 21.9. The highest BCUT2D eigenvalue weighted by molar-refractivity contribution is 7.07. The van der Waals surface area contributed by atoms with Crippen molar-refractivity contribution in [1.29, 1.82) is 0 Å². The summed E-state index contributed by atoms with van der Waals surface area (Å²) in [5, 5.41) is 19.2. The second-order valence-corrected chi connectivity index (χ2v) is 7.76. The number of hydrogen-bond acceptors (Lipinski definition) is 7. The number of nitrogens with zero attached hydrogens (tertiary/aromatic N) is 4. The van der Waals surface area contributed by atoms with Gasteiger partial charge in [-0.1, -0.05) is 12.1 Å². The minimum Gasteiger partial charge on any atom is -0.508 e. The summed E-state index contributed by atoms with van der Waals surface area (Å²) in [6, 6.07) is 16.1. The smallest absolute Gasteiger partial charge is 0.262 e. The van der Waals surface area contributed by atoms with Crippen LogP contribution in [0, 0.1) is 0 Å². The van der Waals surface area contributed by atoms with Gasteiger partial charge in [-0.05, 0) is 48.0 Å². The van der Waals surface area contributed by atoms with Gasteiger partial charge in [0, 0.05) is 17.1 Å². The first kappa shape index (κ1) is 19.7. The van der Waals surface area contributed by atoms with E-state index in [2.05, 4.69) is 20.4 Å². The van der Waals surface area contributed by atoms with E-state index >= 15 is 0 Å². The predicted molar refractivity (Wildman–Crippen MR) is 122 cm³/mol. The number of phenolic OH excluding ortho intramolecular Hbond substituents is 1. The summed E-state index contributed by atoms with van der Waals surface area (Å²) in [4.78, 5) is 21.2. The van der Waals surface area contributed by atoms with Crippen molar-refractivity contribution in [1.82, 2.24) is 9.66 Å². The molecule has 158 valence electrons. The standard InChI is InChI=1S/C23H17N5O3S/c29-18-5-1-3-15(9-18)11-25-28-20(14-32-23(28)26-17-4-2-8-24-12-17)16-6-7-21-19(10-16)27-22(30)13-31-21/h1-12,14,29H,13H2,(H,27,30). The Morgan fingerprint density at radius 2 is 2.12 bits per heavy atom. The lowest BCUT2D eigenvalue weighted by atomic mass is 10.1. The molecule has 4 aromatic rings. The minimum absolute atomic E-state index is 0.00709. The fourth-order valence-corrected chi connectivity index (χ4v) is 4.05. The molecule has 2 N–H and O–H groups in total. The molecule has 5 rings (SSSR count). The molecule has 8 nitrogen and oxygen atoms in total. The van der Waals surface area contributed by atoms with Crippen LogP contribution in [0.25, 0.3) is 11.3 Å². The van der Waals surface area contributed by atoms with Crippen molar-refractivity contribution in [2.24, 2.45) is 10.1 Å². The lowest BCUT2D eigenvalue weighted by Crippen LogP contribution is -2.25. The fourth-order valence-electron chi connectivity index (χ4n) is 3.19. The Bertz CT molecular complexity index is 1390. The van der Waals surface area contributed by atoms with Crippen LogP contribution in [0.4, 0.5) is 11.4 Å². The maximum Gasteiger partial charge on any atom is 0.262 e. The Hall–Kier alpha value is -4.24. The molecule has 0 unspecified atom stereocenters. The Morgan fingerprint density at radius 1 is 1.19 bits per heavy atom. The second-order valence-electron chi connectivity index (χ2n) is 6.93. The Balaban J connectivity index is 1.62. The molecule has 3 heterocycles. The second kappa shape index (κ2) is 8.48. The van der Waals surface area contributed by atoms with Crippen LogP contribution in [0.2, 0.25) is 0 Å². The van der Waals surface area contributed by atoms with Gasteiger partial charge in [-0.25, -0.2) is 9.67 Å². The number of thiazole rings is 1. The van der Waals surface area contributed by atoms with Gasteiger partial charge in [-0.3, -0.25) is 9.78 Å². The van der Waals surface area contributed by atoms with Crippen LogP contribution >= 0.6 is 11.3 Å². The number of fused-ring (bicyclic) bond motifs is 1. The number of rotatable bonds is 4. The number of benzene rings is 2. The summed E-state index contributed by atoms with van der Waals surface area (Å²) in [6.45, 7) is 0.00709. The molecule has 1 aliphatic heterocycles. The molecular weight excluding hydrogens is 426 g/mol. The minimum atomic E-state index is -0.193. The van der Waals surface area contributed by atoms with Crippen molar-refractivity contribution < 1.29 is 14.6 Å². The lowest BCUT2D eigenvalue weighted by molar-refractivity contribution is -0.118. The maximum absolute atomic E-state index is 11.7. The third-order valence-corrected chi connectivity index (χ3v) is 5.47. The number of carbonyl (C=O) groups excluding carboxylic acids is 1. The van der Waals surface area contributed by atoms with Crippen molar-refractivity contribution in [3.63, 3.8) is 0 Å². The number of pyridine rings is 1. The number of ether oxygens (including phenoxy) is 1. The average molecular weight is 443 g/mol. The van der Waals surface area contributed by atoms with Gasteiger partial charge in [0.15, 0.2) is 6.61 Å². The van der Waals surface area contributed by atoms with Gasteiger partial charge in [-0.2, -0.15) is 5.10 Å². The van der Waals surface area contributed by atoms with Gasteiger partial charge >= 0.3 is 0 Å². The van der Waals surface area contributed by atoms with E-state index < -0.39 is 0 Å². The van der Waals surface area contributed by atoms with Gasteiger partial charge in [0.25, 0.3) is 5.91 Å². The van der Waals surface area contributed by atoms with Crippen molar-refractivity contribution in [2.75, 3.05) is 11.9 Å². The van der Waals surface area contributed by atoms with E-state index in [0.29, 0.717) is 21.9 Å². The molecule has 0 spiro atoms. The third kappa shape index (κ3) is 4.14. The molecule has 0 saturated heterocycles. The van der Waals surface area contributed by atoms with E-state index in [0.717, 1.165) is 16.8 Å². The van der Waals surface area contributed by atoms with Crippen LogP contribution in [-0.2, 0) is 4.79 Å². The van der Waals surface area contributed by atoms with E-state index in [1.54, 1.807) is 41.5 Å². The van der Waals surface area contributed by atoms with E-state index in [1.807, 2.05) is 41.8 Å². The summed E-state index contributed by atoms with van der Waals surface area (Å²) in [6.07, 6.45) is 5.02. The number of aromatic nitrogens is 2. The van der Waals surface area contributed by atoms with Gasteiger partial charge in [0.05, 0.1) is 29.5 Å². The molecule has 32 heavy (non-hydrogen) atoms. The lowest BCUT2D eigenvalue weighted by Gasteiger charge is -2.18. The van der Waals surface area contributed by atoms with E-state index in [1.165, 1.54) is 11.3 Å². The molecule has 1 amide bonds. The average Bonchev–Trinajstić information content (AvgIpc) is 3.20. The highest BCUT2D eigenvalue weighted by atomic mass is 32.1. The van der Waals surface area contributed by atoms with Crippen LogP contribution in [-0.4, -0.2) is 33.5 Å². The van der Waals surface area contributed by atoms with Crippen LogP contribution < -0.4 is 14.9 Å². The van der Waals surface area contributed by atoms with Crippen molar-refractivity contribution >= 4 is 34.8 Å². The summed E-state index contributed by atoms with van der Waals surface area (Å²) >= 11 is 1.43. The molecule has 9 heteroatoms. The largest absolute Gasteiger partial charge is 0.508 e. The number of phenols is 1. The Morgan fingerprint density at radius 3 is 2.97 bits per heavy atom. The molecule has 1 aliphatic rings. The summed E-state index contributed by atoms with van der Waals surface area (Å²) in [7, 11) is 0. The third-order valence-electron chi connectivity index (χ3n) is 4.66. The number of amides is 1. The monoisotopic (exact) mass is 443 g/mol. The van der Waals surface area contributed by atoms with Gasteiger partial charge < -0.3 is 15.2 Å². The Kier molecular flexibility index (Phi) is 5.22. The Labute approximate surface area is 186 Å². The van der Waals surface area contributed by atoms with Crippen LogP contribution in [0.5, 0.6) is 11.5 Å². The summed E-state index contributed by atoms with van der Waals surface area (Å²) in [5.41, 5.74) is 3.68. The van der Waals surface area contributed by atoms with Crippen LogP contribution in [0.3, 0.4) is 0 Å². The normalized spacial score (nSPS) is 13.6. The highest BCUT2D eigenvalue weighted by Gasteiger charge is 2.17. The molecule has 0 atom stereocenters. The van der Waals surface area contributed by atoms with E-state index in [4.69, 9.17) is 4.74 Å². The first-order valence-corrected chi connectivity index (χ1v) is 10.6. The van der Waals surface area contributed by atoms with E-state index in [-0.39, 0.29) is 18.3 Å². The number of carbonyl (C=O) groups is 1. The van der Waals surface area contributed by atoms with Crippen molar-refractivity contribution in [2.45, 2.75) is 0 Å². The van der Waals surface area contributed by atoms with Crippen LogP contribution in [0.1, 0.15) is 5.56 Å². The number of aromatic hydroxyl groups is 1. The first-order valence-electron chi connectivity index (χ1n) is 9.71. The zero-order valence-corrected chi connectivity index (χ0v) is 17.5. The van der Waals surface area contributed by atoms with E-state index in [9.17, 15) is 9.90 Å². The number of nitrogens with one attached hydrogen (secondary N) is 1. The van der Waals surface area contributed by atoms with Crippen molar-refractivity contribution in [3.05, 3.63) is 82.7 Å². The van der Waals surface area contributed by atoms with Gasteiger partial charge in [-0.15, -0.1) is 11.3 Å². The SMILES string of the molecule is O=C1COc2ccc(-c3csc(=Nc4cccnc4)n3N=Cc3cccc(O)c3)cc2N1. The predicted octanol–water partition coefficient (Wildman–Crippen LogP) is 3.76. The molecule has 2 aromatic carbocycles. The first-order chi connectivity index (χ1) is 15.7.